The molecule has 0 amide bonds. The van der Waals surface area contributed by atoms with Gasteiger partial charge in [-0.15, -0.1) is 0 Å². The Balaban J connectivity index is 2.38. The van der Waals surface area contributed by atoms with Crippen LogP contribution in [0.1, 0.15) is 51.2 Å². The molecule has 0 saturated carbocycles. The molecule has 1 aromatic carbocycles. The zero-order valence-corrected chi connectivity index (χ0v) is 15.7. The summed E-state index contributed by atoms with van der Waals surface area (Å²) in [6, 6.07) is 5.55. The van der Waals surface area contributed by atoms with E-state index in [1.54, 1.807) is 12.1 Å². The Morgan fingerprint density at radius 3 is 2.58 bits per heavy atom. The molecule has 24 heavy (non-hydrogen) atoms. The van der Waals surface area contributed by atoms with Gasteiger partial charge in [-0.05, 0) is 61.6 Å². The van der Waals surface area contributed by atoms with Crippen molar-refractivity contribution in [3.8, 4) is 0 Å². The number of halogens is 1. The minimum atomic E-state index is -0.176. The van der Waals surface area contributed by atoms with Crippen LogP contribution < -0.4 is 0 Å². The molecule has 130 valence electrons. The summed E-state index contributed by atoms with van der Waals surface area (Å²) in [6.45, 7) is 12.7. The summed E-state index contributed by atoms with van der Waals surface area (Å²) >= 11 is 0. The average molecular weight is 327 g/mol. The van der Waals surface area contributed by atoms with E-state index in [0.29, 0.717) is 12.0 Å². The highest BCUT2D eigenvalue weighted by molar-refractivity contribution is 5.69. The minimum Gasteiger partial charge on any atom is -0.367 e. The van der Waals surface area contributed by atoms with Gasteiger partial charge in [-0.3, -0.25) is 0 Å². The van der Waals surface area contributed by atoms with E-state index in [2.05, 4.69) is 57.5 Å². The molecule has 0 N–H and O–H groups in total. The second-order valence-corrected chi connectivity index (χ2v) is 7.23. The van der Waals surface area contributed by atoms with Gasteiger partial charge in [-0.25, -0.2) is 4.39 Å². The van der Waals surface area contributed by atoms with Crippen molar-refractivity contribution < 1.29 is 4.39 Å². The van der Waals surface area contributed by atoms with Gasteiger partial charge in [0.25, 0.3) is 0 Å². The van der Waals surface area contributed by atoms with Gasteiger partial charge in [0.15, 0.2) is 0 Å². The first-order chi connectivity index (χ1) is 11.3. The van der Waals surface area contributed by atoms with E-state index in [0.717, 1.165) is 28.8 Å². The highest BCUT2D eigenvalue weighted by atomic mass is 19.1. The number of hydrogen-bond donors (Lipinski definition) is 0. The van der Waals surface area contributed by atoms with Crippen molar-refractivity contribution in [3.05, 3.63) is 65.0 Å². The lowest BCUT2D eigenvalue weighted by molar-refractivity contribution is 0.315. The maximum absolute atomic E-state index is 13.8. The van der Waals surface area contributed by atoms with Crippen molar-refractivity contribution in [1.82, 2.24) is 4.90 Å². The number of aryl methyl sites for hydroxylation is 1. The van der Waals surface area contributed by atoms with Crippen molar-refractivity contribution >= 4 is 5.70 Å². The van der Waals surface area contributed by atoms with Gasteiger partial charge in [0.1, 0.15) is 5.82 Å². The molecule has 0 aromatic heterocycles. The second-order valence-electron chi connectivity index (χ2n) is 7.23. The smallest absolute Gasteiger partial charge is 0.124 e. The van der Waals surface area contributed by atoms with Crippen LogP contribution in [0.15, 0.2) is 48.1 Å². The van der Waals surface area contributed by atoms with E-state index in [-0.39, 0.29) is 5.82 Å². The zero-order chi connectivity index (χ0) is 17.9. The molecule has 0 fully saturated rings. The van der Waals surface area contributed by atoms with Gasteiger partial charge in [0.2, 0.25) is 0 Å². The van der Waals surface area contributed by atoms with E-state index >= 15 is 0 Å². The summed E-state index contributed by atoms with van der Waals surface area (Å²) in [7, 11) is 2.12. The number of likely N-dealkylation sites (N-methyl/N-ethyl adjacent to an activating group) is 1. The molecule has 1 aliphatic rings. The first kappa shape index (κ1) is 18.5. The third-order valence-corrected chi connectivity index (χ3v) is 4.87. The predicted molar refractivity (Wildman–Crippen MR) is 102 cm³/mol. The van der Waals surface area contributed by atoms with E-state index in [1.807, 2.05) is 6.92 Å². The second kappa shape index (κ2) is 7.83. The Hall–Kier alpha value is -1.83. The molecule has 0 aliphatic carbocycles. The molecule has 2 rings (SSSR count). The molecule has 0 spiro atoms. The van der Waals surface area contributed by atoms with Crippen LogP contribution in [0.25, 0.3) is 5.70 Å². The lowest BCUT2D eigenvalue weighted by Gasteiger charge is -2.38. The maximum atomic E-state index is 13.8. The number of nitrogens with zero attached hydrogens (tertiary/aromatic N) is 1. The Kier molecular flexibility index (Phi) is 6.04. The van der Waals surface area contributed by atoms with Crippen LogP contribution in [-0.2, 0) is 0 Å². The summed E-state index contributed by atoms with van der Waals surface area (Å²) in [5, 5.41) is 0. The van der Waals surface area contributed by atoms with E-state index < -0.39 is 0 Å². The van der Waals surface area contributed by atoms with E-state index in [4.69, 9.17) is 0 Å². The minimum absolute atomic E-state index is 0.176. The highest BCUT2D eigenvalue weighted by Gasteiger charge is 2.27. The fourth-order valence-electron chi connectivity index (χ4n) is 3.66. The molecular formula is C22H30FN. The van der Waals surface area contributed by atoms with Crippen molar-refractivity contribution in [2.45, 2.75) is 53.0 Å². The lowest BCUT2D eigenvalue weighted by atomic mass is 9.86. The standard InChI is InChI=1S/C22H30FN/c1-7-8-16(4)13-22-20(15(2)3)9-10-21(24(22)6)18-11-17(5)12-19(23)14-18/h9-12,14,16,22H,2,7-8,13H2,1,3-6H3. The normalized spacial score (nSPS) is 18.9. The number of benzene rings is 1. The molecule has 1 aliphatic heterocycles. The molecule has 2 unspecified atom stereocenters. The number of allylic oxidation sites excluding steroid dienone is 2. The number of rotatable bonds is 6. The Bertz CT molecular complexity index is 648. The Morgan fingerprint density at radius 2 is 2.00 bits per heavy atom. The first-order valence-corrected chi connectivity index (χ1v) is 8.91. The van der Waals surface area contributed by atoms with Gasteiger partial charge in [-0.1, -0.05) is 44.9 Å². The summed E-state index contributed by atoms with van der Waals surface area (Å²) in [5.41, 5.74) is 5.37. The topological polar surface area (TPSA) is 3.24 Å². The van der Waals surface area contributed by atoms with Crippen molar-refractivity contribution in [3.63, 3.8) is 0 Å². The van der Waals surface area contributed by atoms with Crippen LogP contribution in [0.4, 0.5) is 4.39 Å². The largest absolute Gasteiger partial charge is 0.367 e. The SMILES string of the molecule is C=C(C)C1=CC=C(c2cc(C)cc(F)c2)N(C)C1CC(C)CCC. The molecular weight excluding hydrogens is 297 g/mol. The third-order valence-electron chi connectivity index (χ3n) is 4.87. The van der Waals surface area contributed by atoms with Crippen LogP contribution in [0.2, 0.25) is 0 Å². The van der Waals surface area contributed by atoms with Crippen LogP contribution in [0.5, 0.6) is 0 Å². The van der Waals surface area contributed by atoms with Crippen molar-refractivity contribution in [2.24, 2.45) is 5.92 Å². The summed E-state index contributed by atoms with van der Waals surface area (Å²) < 4.78 is 13.8. The summed E-state index contributed by atoms with van der Waals surface area (Å²) in [5.74, 6) is 0.476. The van der Waals surface area contributed by atoms with E-state index in [1.165, 1.54) is 18.4 Å². The van der Waals surface area contributed by atoms with Gasteiger partial charge < -0.3 is 4.90 Å². The average Bonchev–Trinajstić information content (AvgIpc) is 2.48. The molecule has 0 bridgehead atoms. The first-order valence-electron chi connectivity index (χ1n) is 8.91. The Labute approximate surface area is 146 Å². The molecule has 0 radical (unpaired) electrons. The fourth-order valence-corrected chi connectivity index (χ4v) is 3.66. The van der Waals surface area contributed by atoms with Gasteiger partial charge in [0.05, 0.1) is 6.04 Å². The van der Waals surface area contributed by atoms with Crippen LogP contribution in [0, 0.1) is 18.7 Å². The quantitative estimate of drug-likeness (QED) is 0.608. The molecule has 2 atom stereocenters. The van der Waals surface area contributed by atoms with Gasteiger partial charge in [0, 0.05) is 18.3 Å². The zero-order valence-electron chi connectivity index (χ0n) is 15.7. The lowest BCUT2D eigenvalue weighted by Crippen LogP contribution is -2.36. The van der Waals surface area contributed by atoms with Crippen LogP contribution >= 0.6 is 0 Å². The molecule has 1 aromatic rings. The third kappa shape index (κ3) is 4.17. The highest BCUT2D eigenvalue weighted by Crippen LogP contribution is 2.34. The van der Waals surface area contributed by atoms with Gasteiger partial charge in [-0.2, -0.15) is 0 Å². The monoisotopic (exact) mass is 327 g/mol. The fraction of sp³-hybridized carbons (Fsp3) is 0.455. The van der Waals surface area contributed by atoms with Crippen LogP contribution in [-0.4, -0.2) is 18.0 Å². The van der Waals surface area contributed by atoms with Crippen molar-refractivity contribution in [2.75, 3.05) is 7.05 Å². The number of hydrogen-bond acceptors (Lipinski definition) is 1. The summed E-state index contributed by atoms with van der Waals surface area (Å²) in [4.78, 5) is 2.30. The van der Waals surface area contributed by atoms with Crippen LogP contribution in [0.3, 0.4) is 0 Å². The van der Waals surface area contributed by atoms with E-state index in [9.17, 15) is 4.39 Å². The molecule has 1 nitrogen and oxygen atoms in total. The predicted octanol–water partition coefficient (Wildman–Crippen LogP) is 6.12. The Morgan fingerprint density at radius 1 is 1.29 bits per heavy atom. The maximum Gasteiger partial charge on any atom is 0.124 e. The molecule has 0 saturated heterocycles. The molecule has 2 heteroatoms. The summed E-state index contributed by atoms with van der Waals surface area (Å²) in [6.07, 6.45) is 7.79. The van der Waals surface area contributed by atoms with Crippen molar-refractivity contribution in [1.29, 1.82) is 0 Å². The molecule has 1 heterocycles. The van der Waals surface area contributed by atoms with Gasteiger partial charge >= 0.3 is 0 Å².